The predicted molar refractivity (Wildman–Crippen MR) is 143 cm³/mol. The number of cyclic esters (lactones) is 1. The lowest BCUT2D eigenvalue weighted by Crippen LogP contribution is -2.44. The number of hydrogen-bond acceptors (Lipinski definition) is 7. The molecule has 3 heterocycles. The Labute approximate surface area is 229 Å². The van der Waals surface area contributed by atoms with Crippen molar-refractivity contribution in [1.29, 1.82) is 0 Å². The largest absolute Gasteiger partial charge is 0.460 e. The van der Waals surface area contributed by atoms with E-state index in [0.29, 0.717) is 25.0 Å². The van der Waals surface area contributed by atoms with Crippen molar-refractivity contribution < 1.29 is 33.0 Å². The Bertz CT molecular complexity index is 1110. The first kappa shape index (κ1) is 30.3. The van der Waals surface area contributed by atoms with Gasteiger partial charge in [0.1, 0.15) is 24.6 Å². The highest BCUT2D eigenvalue weighted by molar-refractivity contribution is 5.95. The van der Waals surface area contributed by atoms with Gasteiger partial charge in [-0.3, -0.25) is 9.59 Å². The number of allylic oxidation sites excluding steroid dienone is 2. The number of halogens is 1. The molecule has 1 aromatic rings. The minimum Gasteiger partial charge on any atom is -0.460 e. The number of rotatable bonds is 1. The SMILES string of the molecule is CC1=C\C(O)C(C)C(F)Cc2nc(co2)C(=O)N2CCCC2C(=O)OC(C(C)C)C(C)/C=C/C(=O)NC\C=C\1. The van der Waals surface area contributed by atoms with Crippen LogP contribution in [0, 0.1) is 17.8 Å². The minimum absolute atomic E-state index is 0.00732. The first-order chi connectivity index (χ1) is 18.5. The van der Waals surface area contributed by atoms with Crippen LogP contribution in [0.1, 0.15) is 63.8 Å². The molecule has 214 valence electrons. The molecule has 1 aromatic heterocycles. The maximum Gasteiger partial charge on any atom is 0.329 e. The fourth-order valence-corrected chi connectivity index (χ4v) is 4.82. The van der Waals surface area contributed by atoms with E-state index in [1.165, 1.54) is 17.2 Å². The molecule has 6 atom stereocenters. The van der Waals surface area contributed by atoms with Crippen LogP contribution in [0.25, 0.3) is 0 Å². The number of oxazole rings is 1. The first-order valence-electron chi connectivity index (χ1n) is 13.6. The Balaban J connectivity index is 1.88. The number of ether oxygens (including phenoxy) is 1. The summed E-state index contributed by atoms with van der Waals surface area (Å²) >= 11 is 0. The molecule has 3 rings (SSSR count). The number of fused-ring (bicyclic) bond motifs is 3. The van der Waals surface area contributed by atoms with Crippen LogP contribution in [0.15, 0.2) is 46.6 Å². The van der Waals surface area contributed by atoms with Crippen LogP contribution in [-0.4, -0.2) is 70.3 Å². The number of aliphatic hydroxyl groups is 1. The molecule has 0 radical (unpaired) electrons. The van der Waals surface area contributed by atoms with Gasteiger partial charge in [-0.05, 0) is 31.8 Å². The molecule has 0 saturated carbocycles. The number of nitrogens with one attached hydrogen (secondary N) is 1. The third-order valence-electron chi connectivity index (χ3n) is 7.22. The number of aliphatic hydroxyl groups excluding tert-OH is 1. The average Bonchev–Trinajstić information content (AvgIpc) is 3.56. The molecule has 0 aromatic carbocycles. The van der Waals surface area contributed by atoms with Gasteiger partial charge in [-0.25, -0.2) is 14.2 Å². The lowest BCUT2D eigenvalue weighted by molar-refractivity contribution is -0.158. The van der Waals surface area contributed by atoms with E-state index < -0.39 is 42.2 Å². The van der Waals surface area contributed by atoms with Crippen LogP contribution >= 0.6 is 0 Å². The summed E-state index contributed by atoms with van der Waals surface area (Å²) in [5.74, 6) is -2.29. The summed E-state index contributed by atoms with van der Waals surface area (Å²) in [5, 5.41) is 13.3. The highest BCUT2D eigenvalue weighted by Gasteiger charge is 2.39. The second-order valence-corrected chi connectivity index (χ2v) is 10.8. The number of amides is 2. The van der Waals surface area contributed by atoms with E-state index in [4.69, 9.17) is 9.15 Å². The van der Waals surface area contributed by atoms with Crippen molar-refractivity contribution in [2.45, 2.75) is 78.3 Å². The van der Waals surface area contributed by atoms with Crippen LogP contribution in [0.5, 0.6) is 0 Å². The lowest BCUT2D eigenvalue weighted by atomic mass is 9.94. The van der Waals surface area contributed by atoms with E-state index in [-0.39, 0.29) is 42.3 Å². The van der Waals surface area contributed by atoms with Crippen LogP contribution in [0.2, 0.25) is 0 Å². The number of carbonyl (C=O) groups excluding carboxylic acids is 3. The van der Waals surface area contributed by atoms with Crippen molar-refractivity contribution in [3.8, 4) is 0 Å². The number of carbonyl (C=O) groups is 3. The zero-order valence-electron chi connectivity index (χ0n) is 23.3. The van der Waals surface area contributed by atoms with Crippen LogP contribution in [-0.2, 0) is 20.7 Å². The van der Waals surface area contributed by atoms with Gasteiger partial charge in [-0.2, -0.15) is 0 Å². The highest BCUT2D eigenvalue weighted by Crippen LogP contribution is 2.26. The number of esters is 1. The molecule has 9 nitrogen and oxygen atoms in total. The van der Waals surface area contributed by atoms with E-state index in [1.807, 2.05) is 20.8 Å². The maximum absolute atomic E-state index is 15.0. The Morgan fingerprint density at radius 1 is 1.21 bits per heavy atom. The Morgan fingerprint density at radius 2 is 1.95 bits per heavy atom. The Morgan fingerprint density at radius 3 is 2.67 bits per heavy atom. The summed E-state index contributed by atoms with van der Waals surface area (Å²) in [6, 6.07) is -0.772. The Hall–Kier alpha value is -3.27. The fraction of sp³-hybridized carbons (Fsp3) is 0.586. The monoisotopic (exact) mass is 545 g/mol. The number of aromatic nitrogens is 1. The van der Waals surface area contributed by atoms with Crippen molar-refractivity contribution in [3.63, 3.8) is 0 Å². The summed E-state index contributed by atoms with van der Waals surface area (Å²) in [6.07, 6.45) is 7.14. The minimum atomic E-state index is -1.48. The summed E-state index contributed by atoms with van der Waals surface area (Å²) in [5.41, 5.74) is 0.705. The summed E-state index contributed by atoms with van der Waals surface area (Å²) < 4.78 is 26.3. The molecule has 2 aliphatic rings. The maximum atomic E-state index is 15.0. The highest BCUT2D eigenvalue weighted by atomic mass is 19.1. The van der Waals surface area contributed by atoms with Crippen molar-refractivity contribution in [1.82, 2.24) is 15.2 Å². The van der Waals surface area contributed by atoms with E-state index >= 15 is 4.39 Å². The van der Waals surface area contributed by atoms with E-state index in [2.05, 4.69) is 10.3 Å². The fourth-order valence-electron chi connectivity index (χ4n) is 4.82. The average molecular weight is 546 g/mol. The molecule has 2 bridgehead atoms. The molecule has 10 heteroatoms. The van der Waals surface area contributed by atoms with E-state index in [0.717, 1.165) is 0 Å². The summed E-state index contributed by atoms with van der Waals surface area (Å²) in [4.78, 5) is 44.3. The van der Waals surface area contributed by atoms with Gasteiger partial charge in [-0.15, -0.1) is 0 Å². The molecule has 2 aliphatic heterocycles. The van der Waals surface area contributed by atoms with Gasteiger partial charge in [0, 0.05) is 24.9 Å². The molecule has 39 heavy (non-hydrogen) atoms. The van der Waals surface area contributed by atoms with Crippen molar-refractivity contribution in [3.05, 3.63) is 53.8 Å². The quantitative estimate of drug-likeness (QED) is 0.518. The Kier molecular flexibility index (Phi) is 10.6. The zero-order valence-corrected chi connectivity index (χ0v) is 23.3. The standard InChI is InChI=1S/C29H40FN3O6/c1-17(2)27-19(4)10-11-25(35)31-12-6-8-18(3)14-24(34)20(5)21(30)15-26-32-22(16-38-26)28(36)33-13-7-9-23(33)29(37)39-27/h6,8,10-11,14,16-17,19-21,23-24,27,34H,7,9,12-13,15H2,1-5H3,(H,31,35)/b8-6+,11-10+,18-14+. The van der Waals surface area contributed by atoms with Crippen molar-refractivity contribution >= 4 is 17.8 Å². The second-order valence-electron chi connectivity index (χ2n) is 10.8. The number of alkyl halides is 1. The van der Waals surface area contributed by atoms with Crippen LogP contribution < -0.4 is 5.32 Å². The smallest absolute Gasteiger partial charge is 0.329 e. The third-order valence-corrected chi connectivity index (χ3v) is 7.22. The van der Waals surface area contributed by atoms with Gasteiger partial charge < -0.3 is 24.5 Å². The third kappa shape index (κ3) is 8.11. The van der Waals surface area contributed by atoms with Crippen molar-refractivity contribution in [2.75, 3.05) is 13.1 Å². The topological polar surface area (TPSA) is 122 Å². The normalized spacial score (nSPS) is 33.1. The molecular formula is C29H40FN3O6. The second kappa shape index (κ2) is 13.7. The molecular weight excluding hydrogens is 505 g/mol. The van der Waals surface area contributed by atoms with Crippen molar-refractivity contribution in [2.24, 2.45) is 17.8 Å². The molecule has 1 saturated heterocycles. The predicted octanol–water partition coefficient (Wildman–Crippen LogP) is 3.55. The summed E-state index contributed by atoms with van der Waals surface area (Å²) in [6.45, 7) is 9.71. The number of hydrogen-bond donors (Lipinski definition) is 2. The lowest BCUT2D eigenvalue weighted by Gasteiger charge is -2.29. The molecule has 0 spiro atoms. The van der Waals surface area contributed by atoms with Gasteiger partial charge in [0.15, 0.2) is 11.6 Å². The van der Waals surface area contributed by atoms with E-state index in [1.54, 1.807) is 38.2 Å². The van der Waals surface area contributed by atoms with E-state index in [9.17, 15) is 19.5 Å². The van der Waals surface area contributed by atoms with Crippen LogP contribution in [0.4, 0.5) is 4.39 Å². The molecule has 2 N–H and O–H groups in total. The van der Waals surface area contributed by atoms with Crippen LogP contribution in [0.3, 0.4) is 0 Å². The zero-order chi connectivity index (χ0) is 28.7. The molecule has 2 amide bonds. The molecule has 1 fully saturated rings. The first-order valence-corrected chi connectivity index (χ1v) is 13.6. The summed E-state index contributed by atoms with van der Waals surface area (Å²) in [7, 11) is 0. The number of nitrogens with zero attached hydrogens (tertiary/aromatic N) is 2. The van der Waals surface area contributed by atoms with Gasteiger partial charge in [-0.1, -0.05) is 57.6 Å². The van der Waals surface area contributed by atoms with Gasteiger partial charge in [0.05, 0.1) is 12.5 Å². The molecule has 0 aliphatic carbocycles. The van der Waals surface area contributed by atoms with Gasteiger partial charge in [0.2, 0.25) is 5.91 Å². The van der Waals surface area contributed by atoms with Gasteiger partial charge in [0.25, 0.3) is 5.91 Å². The molecule has 6 unspecified atom stereocenters. The van der Waals surface area contributed by atoms with Gasteiger partial charge >= 0.3 is 5.97 Å².